The highest BCUT2D eigenvalue weighted by atomic mass is 35.5. The number of thiophene rings is 1. The Hall–Kier alpha value is -0.0900. The van der Waals surface area contributed by atoms with Crippen LogP contribution in [0.15, 0.2) is 12.1 Å². The van der Waals surface area contributed by atoms with E-state index in [1.807, 2.05) is 6.07 Å². The van der Waals surface area contributed by atoms with Crippen LogP contribution in [0.25, 0.3) is 0 Å². The van der Waals surface area contributed by atoms with Gasteiger partial charge in [0.1, 0.15) is 0 Å². The number of hydrogen-bond donors (Lipinski definition) is 1. The lowest BCUT2D eigenvalue weighted by Crippen LogP contribution is -2.47. The van der Waals surface area contributed by atoms with Crippen molar-refractivity contribution in [3.8, 4) is 0 Å². The van der Waals surface area contributed by atoms with Crippen LogP contribution in [0.1, 0.15) is 56.9 Å². The summed E-state index contributed by atoms with van der Waals surface area (Å²) in [5.74, 6) is 0. The summed E-state index contributed by atoms with van der Waals surface area (Å²) in [5.41, 5.74) is 6.43. The maximum atomic E-state index is 6.43. The first-order valence-corrected chi connectivity index (χ1v) is 8.63. The van der Waals surface area contributed by atoms with E-state index in [4.69, 9.17) is 17.3 Å². The third-order valence-electron chi connectivity index (χ3n) is 4.26. The average Bonchev–Trinajstić information content (AvgIpc) is 2.85. The van der Waals surface area contributed by atoms with Crippen molar-refractivity contribution in [2.75, 3.05) is 6.54 Å². The molecule has 0 bridgehead atoms. The van der Waals surface area contributed by atoms with Crippen LogP contribution in [0.3, 0.4) is 0 Å². The van der Waals surface area contributed by atoms with E-state index in [0.29, 0.717) is 12.1 Å². The van der Waals surface area contributed by atoms with Crippen molar-refractivity contribution in [3.05, 3.63) is 21.3 Å². The fourth-order valence-corrected chi connectivity index (χ4v) is 4.42. The Morgan fingerprint density at radius 3 is 2.79 bits per heavy atom. The molecule has 1 aliphatic heterocycles. The summed E-state index contributed by atoms with van der Waals surface area (Å²) in [6.45, 7) is 5.64. The van der Waals surface area contributed by atoms with Gasteiger partial charge in [0, 0.05) is 17.0 Å². The topological polar surface area (TPSA) is 29.3 Å². The van der Waals surface area contributed by atoms with Gasteiger partial charge in [-0.15, -0.1) is 11.3 Å². The van der Waals surface area contributed by atoms with Crippen molar-refractivity contribution in [2.24, 2.45) is 5.73 Å². The van der Waals surface area contributed by atoms with E-state index in [2.05, 4.69) is 24.8 Å². The largest absolute Gasteiger partial charge is 0.326 e. The normalized spacial score (nSPS) is 24.3. The van der Waals surface area contributed by atoms with Crippen LogP contribution >= 0.6 is 22.9 Å². The first-order chi connectivity index (χ1) is 9.17. The second kappa shape index (κ2) is 7.07. The zero-order chi connectivity index (χ0) is 13.8. The summed E-state index contributed by atoms with van der Waals surface area (Å²) >= 11 is 7.81. The van der Waals surface area contributed by atoms with Gasteiger partial charge in [-0.1, -0.05) is 31.9 Å². The second-order valence-electron chi connectivity index (χ2n) is 5.45. The molecular weight excluding hydrogens is 276 g/mol. The van der Waals surface area contributed by atoms with Crippen LogP contribution in [0.2, 0.25) is 4.34 Å². The molecule has 2 heterocycles. The summed E-state index contributed by atoms with van der Waals surface area (Å²) < 4.78 is 0.869. The average molecular weight is 301 g/mol. The Bertz CT molecular complexity index is 393. The van der Waals surface area contributed by atoms with Crippen LogP contribution < -0.4 is 5.73 Å². The van der Waals surface area contributed by atoms with E-state index in [0.717, 1.165) is 10.8 Å². The Kier molecular flexibility index (Phi) is 5.70. The summed E-state index contributed by atoms with van der Waals surface area (Å²) in [5, 5.41) is 0. The molecule has 0 saturated carbocycles. The highest BCUT2D eigenvalue weighted by molar-refractivity contribution is 7.16. The monoisotopic (exact) mass is 300 g/mol. The Morgan fingerprint density at radius 1 is 1.42 bits per heavy atom. The zero-order valence-electron chi connectivity index (χ0n) is 11.9. The molecule has 1 aromatic rings. The predicted molar refractivity (Wildman–Crippen MR) is 85.0 cm³/mol. The summed E-state index contributed by atoms with van der Waals surface area (Å²) in [4.78, 5) is 3.97. The van der Waals surface area contributed by atoms with Crippen molar-refractivity contribution in [1.82, 2.24) is 4.90 Å². The fourth-order valence-electron chi connectivity index (χ4n) is 3.16. The Morgan fingerprint density at radius 2 is 2.21 bits per heavy atom. The molecule has 108 valence electrons. The van der Waals surface area contributed by atoms with Gasteiger partial charge < -0.3 is 5.73 Å². The molecule has 3 atom stereocenters. The molecule has 2 nitrogen and oxygen atoms in total. The maximum Gasteiger partial charge on any atom is 0.0931 e. The minimum Gasteiger partial charge on any atom is -0.326 e. The van der Waals surface area contributed by atoms with Gasteiger partial charge in [-0.3, -0.25) is 4.90 Å². The maximum absolute atomic E-state index is 6.43. The lowest BCUT2D eigenvalue weighted by molar-refractivity contribution is 0.0776. The van der Waals surface area contributed by atoms with E-state index in [9.17, 15) is 0 Å². The molecule has 0 aliphatic carbocycles. The Labute approximate surface area is 125 Å². The number of nitrogens with zero attached hydrogens (tertiary/aromatic N) is 1. The highest BCUT2D eigenvalue weighted by Crippen LogP contribution is 2.37. The molecule has 1 saturated heterocycles. The number of hydrogen-bond acceptors (Lipinski definition) is 3. The number of halogens is 1. The zero-order valence-corrected chi connectivity index (χ0v) is 13.5. The van der Waals surface area contributed by atoms with Crippen molar-refractivity contribution >= 4 is 22.9 Å². The lowest BCUT2D eigenvalue weighted by atomic mass is 9.93. The summed E-state index contributed by atoms with van der Waals surface area (Å²) in [6.07, 6.45) is 6.18. The number of nitrogens with two attached hydrogens (primary N) is 1. The van der Waals surface area contributed by atoms with Crippen molar-refractivity contribution in [3.63, 3.8) is 0 Å². The van der Waals surface area contributed by atoms with Crippen LogP contribution in [0.4, 0.5) is 0 Å². The molecule has 0 aromatic carbocycles. The third-order valence-corrected chi connectivity index (χ3v) is 5.57. The molecule has 1 aliphatic rings. The van der Waals surface area contributed by atoms with Crippen molar-refractivity contribution in [2.45, 2.75) is 64.1 Å². The van der Waals surface area contributed by atoms with Crippen LogP contribution in [-0.2, 0) is 0 Å². The molecule has 1 aromatic heterocycles. The molecule has 2 N–H and O–H groups in total. The second-order valence-corrected chi connectivity index (χ2v) is 7.20. The summed E-state index contributed by atoms with van der Waals surface area (Å²) in [6, 6.07) is 5.38. The van der Waals surface area contributed by atoms with E-state index >= 15 is 0 Å². The minimum atomic E-state index is 0.196. The summed E-state index contributed by atoms with van der Waals surface area (Å²) in [7, 11) is 0. The van der Waals surface area contributed by atoms with Gasteiger partial charge in [0.05, 0.1) is 10.4 Å². The van der Waals surface area contributed by atoms with Gasteiger partial charge in [-0.25, -0.2) is 0 Å². The molecule has 19 heavy (non-hydrogen) atoms. The van der Waals surface area contributed by atoms with Gasteiger partial charge in [-0.05, 0) is 44.4 Å². The quantitative estimate of drug-likeness (QED) is 0.871. The fraction of sp³-hybridized carbons (Fsp3) is 0.733. The number of likely N-dealkylation sites (tertiary alicyclic amines) is 1. The number of piperidine rings is 1. The molecule has 0 spiro atoms. The molecular formula is C15H25ClN2S. The van der Waals surface area contributed by atoms with Gasteiger partial charge >= 0.3 is 0 Å². The van der Waals surface area contributed by atoms with Crippen molar-refractivity contribution < 1.29 is 0 Å². The van der Waals surface area contributed by atoms with Crippen LogP contribution in [0.5, 0.6) is 0 Å². The molecule has 0 radical (unpaired) electrons. The smallest absolute Gasteiger partial charge is 0.0931 e. The lowest BCUT2D eigenvalue weighted by Gasteiger charge is -2.43. The van der Waals surface area contributed by atoms with E-state index in [-0.39, 0.29) is 6.04 Å². The van der Waals surface area contributed by atoms with Gasteiger partial charge in [-0.2, -0.15) is 0 Å². The molecule has 4 heteroatoms. The van der Waals surface area contributed by atoms with Crippen molar-refractivity contribution in [1.29, 1.82) is 0 Å². The first-order valence-electron chi connectivity index (χ1n) is 7.43. The number of rotatable bonds is 5. The van der Waals surface area contributed by atoms with E-state index < -0.39 is 0 Å². The van der Waals surface area contributed by atoms with Crippen LogP contribution in [-0.4, -0.2) is 23.5 Å². The highest BCUT2D eigenvalue weighted by Gasteiger charge is 2.32. The van der Waals surface area contributed by atoms with E-state index in [1.165, 1.54) is 37.1 Å². The first kappa shape index (κ1) is 15.3. The van der Waals surface area contributed by atoms with Gasteiger partial charge in [0.2, 0.25) is 0 Å². The van der Waals surface area contributed by atoms with Gasteiger partial charge in [0.15, 0.2) is 0 Å². The Balaban J connectivity index is 2.26. The van der Waals surface area contributed by atoms with Gasteiger partial charge in [0.25, 0.3) is 0 Å². The third kappa shape index (κ3) is 3.52. The SMILES string of the molecule is CCC(N)C(c1ccc(Cl)s1)N1CCCCC1CC. The minimum absolute atomic E-state index is 0.196. The van der Waals surface area contributed by atoms with Crippen LogP contribution in [0, 0.1) is 0 Å². The standard InChI is InChI=1S/C15H25ClN2S/c1-3-11-7-5-6-10-18(11)15(12(17)4-2)13-8-9-14(16)19-13/h8-9,11-12,15H,3-7,10,17H2,1-2H3. The molecule has 0 amide bonds. The molecule has 1 fully saturated rings. The van der Waals surface area contributed by atoms with E-state index in [1.54, 1.807) is 11.3 Å². The molecule has 2 rings (SSSR count). The molecule has 3 unspecified atom stereocenters. The predicted octanol–water partition coefficient (Wildman–Crippen LogP) is 4.44.